The lowest BCUT2D eigenvalue weighted by atomic mass is 10.1. The maximum Gasteiger partial charge on any atom is 0.123 e. The van der Waals surface area contributed by atoms with Crippen molar-refractivity contribution in [2.75, 3.05) is 5.75 Å². The van der Waals surface area contributed by atoms with Crippen molar-refractivity contribution in [1.29, 1.82) is 0 Å². The summed E-state index contributed by atoms with van der Waals surface area (Å²) in [6.07, 6.45) is 1.19. The van der Waals surface area contributed by atoms with Crippen LogP contribution in [0.2, 0.25) is 0 Å². The molecule has 0 fully saturated rings. The van der Waals surface area contributed by atoms with Crippen LogP contribution in [0.5, 0.6) is 0 Å². The number of thiophene rings is 1. The molecule has 1 aliphatic rings. The van der Waals surface area contributed by atoms with Crippen molar-refractivity contribution in [3.05, 3.63) is 57.0 Å². The number of benzene rings is 1. The van der Waals surface area contributed by atoms with Crippen LogP contribution in [0.1, 0.15) is 25.7 Å². The van der Waals surface area contributed by atoms with Crippen LogP contribution in [0.3, 0.4) is 0 Å². The van der Waals surface area contributed by atoms with Gasteiger partial charge in [-0.25, -0.2) is 4.39 Å². The van der Waals surface area contributed by atoms with Gasteiger partial charge in [0, 0.05) is 15.5 Å². The van der Waals surface area contributed by atoms with E-state index in [1.54, 1.807) is 0 Å². The molecule has 2 heterocycles. The van der Waals surface area contributed by atoms with E-state index in [-0.39, 0.29) is 10.6 Å². The topological polar surface area (TPSA) is 0 Å². The molecule has 0 bridgehead atoms. The summed E-state index contributed by atoms with van der Waals surface area (Å²) in [5, 5.41) is 0. The van der Waals surface area contributed by atoms with Crippen molar-refractivity contribution >= 4 is 39.0 Å². The molecule has 1 unspecified atom stereocenters. The fraction of sp³-hybridized carbons (Fsp3) is 0.286. The highest BCUT2D eigenvalue weighted by atomic mass is 79.9. The number of thioether (sulfide) groups is 1. The minimum absolute atomic E-state index is 0.179. The van der Waals surface area contributed by atoms with Crippen molar-refractivity contribution in [1.82, 2.24) is 0 Å². The van der Waals surface area contributed by atoms with Gasteiger partial charge in [0.15, 0.2) is 0 Å². The zero-order valence-electron chi connectivity index (χ0n) is 9.66. The Kier molecular flexibility index (Phi) is 3.78. The molecule has 0 saturated heterocycles. The van der Waals surface area contributed by atoms with Gasteiger partial charge in [0.25, 0.3) is 0 Å². The third-order valence-electron chi connectivity index (χ3n) is 3.06. The highest BCUT2D eigenvalue weighted by Gasteiger charge is 2.18. The fourth-order valence-corrected chi connectivity index (χ4v) is 5.19. The van der Waals surface area contributed by atoms with E-state index in [1.807, 2.05) is 35.2 Å². The molecule has 94 valence electrons. The SMILES string of the molecule is Fc1ccc(C(Br)c2cc3c(s2)CCSC3)cc1. The molecule has 1 aliphatic heterocycles. The van der Waals surface area contributed by atoms with Crippen molar-refractivity contribution in [3.63, 3.8) is 0 Å². The van der Waals surface area contributed by atoms with Gasteiger partial charge in [0.05, 0.1) is 4.83 Å². The van der Waals surface area contributed by atoms with Crippen molar-refractivity contribution in [2.45, 2.75) is 17.0 Å². The van der Waals surface area contributed by atoms with Gasteiger partial charge < -0.3 is 0 Å². The standard InChI is InChI=1S/C14H12BrFS2/c15-14(9-1-3-11(16)4-2-9)13-7-10-8-17-6-5-12(10)18-13/h1-4,7,14H,5-6,8H2. The van der Waals surface area contributed by atoms with Crippen LogP contribution in [0, 0.1) is 5.82 Å². The van der Waals surface area contributed by atoms with E-state index in [0.717, 1.165) is 11.3 Å². The molecule has 0 spiro atoms. The molecule has 0 radical (unpaired) electrons. The van der Waals surface area contributed by atoms with Crippen LogP contribution in [0.15, 0.2) is 30.3 Å². The molecule has 0 amide bonds. The average Bonchev–Trinajstić information content (AvgIpc) is 2.82. The van der Waals surface area contributed by atoms with Crippen LogP contribution in [0.25, 0.3) is 0 Å². The summed E-state index contributed by atoms with van der Waals surface area (Å²) < 4.78 is 12.9. The first-order valence-corrected chi connectivity index (χ1v) is 8.71. The Bertz CT molecular complexity index is 524. The van der Waals surface area contributed by atoms with Crippen LogP contribution < -0.4 is 0 Å². The summed E-state index contributed by atoms with van der Waals surface area (Å²) in [5.41, 5.74) is 2.60. The van der Waals surface area contributed by atoms with Gasteiger partial charge in [-0.3, -0.25) is 0 Å². The van der Waals surface area contributed by atoms with Gasteiger partial charge in [-0.1, -0.05) is 28.1 Å². The van der Waals surface area contributed by atoms with Gasteiger partial charge in [0.1, 0.15) is 5.82 Å². The smallest absolute Gasteiger partial charge is 0.123 e. The largest absolute Gasteiger partial charge is 0.207 e. The zero-order valence-corrected chi connectivity index (χ0v) is 12.9. The molecule has 0 aliphatic carbocycles. The highest BCUT2D eigenvalue weighted by molar-refractivity contribution is 9.09. The lowest BCUT2D eigenvalue weighted by Gasteiger charge is -2.08. The fourth-order valence-electron chi connectivity index (χ4n) is 2.09. The quantitative estimate of drug-likeness (QED) is 0.679. The zero-order chi connectivity index (χ0) is 12.5. The molecule has 4 heteroatoms. The van der Waals surface area contributed by atoms with E-state index in [2.05, 4.69) is 22.0 Å². The Balaban J connectivity index is 1.89. The minimum Gasteiger partial charge on any atom is -0.207 e. The van der Waals surface area contributed by atoms with E-state index in [0.29, 0.717) is 0 Å². The van der Waals surface area contributed by atoms with Gasteiger partial charge >= 0.3 is 0 Å². The molecule has 0 saturated carbocycles. The molecular weight excluding hydrogens is 331 g/mol. The van der Waals surface area contributed by atoms with E-state index in [9.17, 15) is 4.39 Å². The van der Waals surface area contributed by atoms with Crippen LogP contribution >= 0.6 is 39.0 Å². The van der Waals surface area contributed by atoms with Gasteiger partial charge in [-0.15, -0.1) is 11.3 Å². The summed E-state index contributed by atoms with van der Waals surface area (Å²) >= 11 is 7.62. The molecular formula is C14H12BrFS2. The number of halogens is 2. The number of hydrogen-bond donors (Lipinski definition) is 0. The number of aryl methyl sites for hydroxylation is 1. The van der Waals surface area contributed by atoms with Crippen LogP contribution in [0.4, 0.5) is 4.39 Å². The number of alkyl halides is 1. The summed E-state index contributed by atoms with van der Waals surface area (Å²) in [5.74, 6) is 2.19. The summed E-state index contributed by atoms with van der Waals surface area (Å²) in [6.45, 7) is 0. The molecule has 1 aromatic heterocycles. The Morgan fingerprint density at radius 1 is 1.22 bits per heavy atom. The number of fused-ring (bicyclic) bond motifs is 1. The first-order valence-electron chi connectivity index (χ1n) is 5.83. The summed E-state index contributed by atoms with van der Waals surface area (Å²) in [6, 6.07) is 9.04. The van der Waals surface area contributed by atoms with Crippen molar-refractivity contribution in [2.24, 2.45) is 0 Å². The first kappa shape index (κ1) is 12.7. The first-order chi connectivity index (χ1) is 8.74. The van der Waals surface area contributed by atoms with E-state index in [1.165, 1.54) is 39.6 Å². The van der Waals surface area contributed by atoms with Crippen LogP contribution in [-0.4, -0.2) is 5.75 Å². The third-order valence-corrected chi connectivity index (χ3v) is 6.69. The lowest BCUT2D eigenvalue weighted by Crippen LogP contribution is -1.96. The van der Waals surface area contributed by atoms with Crippen molar-refractivity contribution < 1.29 is 4.39 Å². The van der Waals surface area contributed by atoms with Gasteiger partial charge in [0.2, 0.25) is 0 Å². The summed E-state index contributed by atoms with van der Waals surface area (Å²) in [7, 11) is 0. The molecule has 0 N–H and O–H groups in total. The molecule has 2 aromatic rings. The van der Waals surface area contributed by atoms with E-state index < -0.39 is 0 Å². The Labute approximate surface area is 123 Å². The van der Waals surface area contributed by atoms with E-state index >= 15 is 0 Å². The van der Waals surface area contributed by atoms with Gasteiger partial charge in [-0.05, 0) is 41.5 Å². The van der Waals surface area contributed by atoms with Crippen molar-refractivity contribution in [3.8, 4) is 0 Å². The van der Waals surface area contributed by atoms with Crippen LogP contribution in [-0.2, 0) is 12.2 Å². The number of hydrogen-bond acceptors (Lipinski definition) is 2. The Hall–Kier alpha value is -0.320. The number of rotatable bonds is 2. The summed E-state index contributed by atoms with van der Waals surface area (Å²) in [4.78, 5) is 3.03. The maximum absolute atomic E-state index is 12.9. The monoisotopic (exact) mass is 342 g/mol. The maximum atomic E-state index is 12.9. The molecule has 3 rings (SSSR count). The molecule has 18 heavy (non-hydrogen) atoms. The predicted octanol–water partition coefficient (Wildman–Crippen LogP) is 5.16. The lowest BCUT2D eigenvalue weighted by molar-refractivity contribution is 0.627. The normalized spacial score (nSPS) is 16.3. The molecule has 1 atom stereocenters. The molecule has 0 nitrogen and oxygen atoms in total. The second-order valence-corrected chi connectivity index (χ2v) is 7.50. The third kappa shape index (κ3) is 2.51. The van der Waals surface area contributed by atoms with Gasteiger partial charge in [-0.2, -0.15) is 11.8 Å². The second-order valence-electron chi connectivity index (χ2n) is 4.31. The highest BCUT2D eigenvalue weighted by Crippen LogP contribution is 2.40. The Morgan fingerprint density at radius 3 is 2.72 bits per heavy atom. The average molecular weight is 343 g/mol. The van der Waals surface area contributed by atoms with E-state index in [4.69, 9.17) is 0 Å². The predicted molar refractivity (Wildman–Crippen MR) is 81.4 cm³/mol. The second kappa shape index (κ2) is 5.35. The minimum atomic E-state index is -0.180. The molecule has 1 aromatic carbocycles. The Morgan fingerprint density at radius 2 is 2.00 bits per heavy atom.